The average Bonchev–Trinajstić information content (AvgIpc) is 2.87. The van der Waals surface area contributed by atoms with Crippen LogP contribution in [0.2, 0.25) is 0 Å². The summed E-state index contributed by atoms with van der Waals surface area (Å²) in [6.45, 7) is 0.514. The van der Waals surface area contributed by atoms with Gasteiger partial charge in [-0.2, -0.15) is 0 Å². The number of aliphatic imine (C=N–C) groups is 1. The standard InChI is InChI=1S/C13H10N2OS2/c16-12-10-5-1-2-6-11(10)14-13(17)15(12)8-9-4-3-7-18-9/h1-7,10H,8H2. The number of thiocarbonyl (C=S) groups is 1. The number of allylic oxidation sites excluding steroid dienone is 3. The van der Waals surface area contributed by atoms with Gasteiger partial charge in [0.25, 0.3) is 0 Å². The summed E-state index contributed by atoms with van der Waals surface area (Å²) >= 11 is 6.83. The predicted molar refractivity (Wildman–Crippen MR) is 76.7 cm³/mol. The molecule has 0 fully saturated rings. The molecule has 90 valence electrons. The quantitative estimate of drug-likeness (QED) is 0.776. The lowest BCUT2D eigenvalue weighted by molar-refractivity contribution is -0.128. The number of nitrogens with zero attached hydrogens (tertiary/aromatic N) is 2. The van der Waals surface area contributed by atoms with Crippen LogP contribution in [0.4, 0.5) is 0 Å². The molecule has 3 rings (SSSR count). The Balaban J connectivity index is 1.90. The van der Waals surface area contributed by atoms with Crippen molar-refractivity contribution >= 4 is 40.3 Å². The van der Waals surface area contributed by atoms with Gasteiger partial charge in [0.2, 0.25) is 11.0 Å². The van der Waals surface area contributed by atoms with Crippen molar-refractivity contribution in [1.82, 2.24) is 4.90 Å². The van der Waals surface area contributed by atoms with Crippen LogP contribution in [0.25, 0.3) is 0 Å². The van der Waals surface area contributed by atoms with Gasteiger partial charge in [-0.25, -0.2) is 4.99 Å². The maximum Gasteiger partial charge on any atom is 0.242 e. The summed E-state index contributed by atoms with van der Waals surface area (Å²) in [5.41, 5.74) is 0.745. The van der Waals surface area contributed by atoms with Crippen LogP contribution in [-0.4, -0.2) is 21.6 Å². The van der Waals surface area contributed by atoms with Gasteiger partial charge < -0.3 is 0 Å². The fourth-order valence-electron chi connectivity index (χ4n) is 1.98. The highest BCUT2D eigenvalue weighted by Gasteiger charge is 2.33. The third kappa shape index (κ3) is 1.95. The molecular formula is C13H10N2OS2. The molecule has 0 spiro atoms. The number of amides is 1. The van der Waals surface area contributed by atoms with Gasteiger partial charge in [0.1, 0.15) is 0 Å². The van der Waals surface area contributed by atoms with E-state index in [9.17, 15) is 4.79 Å². The van der Waals surface area contributed by atoms with Gasteiger partial charge in [-0.15, -0.1) is 11.3 Å². The van der Waals surface area contributed by atoms with Gasteiger partial charge in [0.15, 0.2) is 0 Å². The third-order valence-corrected chi connectivity index (χ3v) is 4.05. The summed E-state index contributed by atoms with van der Waals surface area (Å²) in [7, 11) is 0. The molecule has 2 aliphatic rings. The number of rotatable bonds is 2. The first kappa shape index (κ1) is 11.5. The summed E-state index contributed by atoms with van der Waals surface area (Å²) in [6.07, 6.45) is 7.46. The first-order valence-electron chi connectivity index (χ1n) is 5.57. The first-order chi connectivity index (χ1) is 8.75. The lowest BCUT2D eigenvalue weighted by Crippen LogP contribution is -2.45. The van der Waals surface area contributed by atoms with Gasteiger partial charge in [0.05, 0.1) is 18.2 Å². The minimum atomic E-state index is -0.276. The zero-order valence-electron chi connectivity index (χ0n) is 9.45. The van der Waals surface area contributed by atoms with Gasteiger partial charge in [-0.05, 0) is 29.7 Å². The summed E-state index contributed by atoms with van der Waals surface area (Å²) in [4.78, 5) is 19.4. The largest absolute Gasteiger partial charge is 0.281 e. The Morgan fingerprint density at radius 1 is 1.44 bits per heavy atom. The van der Waals surface area contributed by atoms with Crippen molar-refractivity contribution in [2.75, 3.05) is 0 Å². The number of hydrogen-bond acceptors (Lipinski definition) is 3. The molecule has 0 saturated heterocycles. The molecule has 1 aromatic heterocycles. The molecule has 1 aliphatic heterocycles. The van der Waals surface area contributed by atoms with E-state index in [-0.39, 0.29) is 11.8 Å². The van der Waals surface area contributed by atoms with Crippen molar-refractivity contribution in [3.8, 4) is 0 Å². The normalized spacial score (nSPS) is 22.1. The Hall–Kier alpha value is -1.59. The molecule has 1 atom stereocenters. The van der Waals surface area contributed by atoms with Crippen LogP contribution in [0.15, 0.2) is 46.8 Å². The molecule has 1 aromatic rings. The molecule has 0 radical (unpaired) electrons. The van der Waals surface area contributed by atoms with E-state index in [4.69, 9.17) is 12.2 Å². The van der Waals surface area contributed by atoms with Crippen LogP contribution in [0.3, 0.4) is 0 Å². The number of hydrogen-bond donors (Lipinski definition) is 0. The smallest absolute Gasteiger partial charge is 0.242 e. The monoisotopic (exact) mass is 274 g/mol. The molecule has 3 nitrogen and oxygen atoms in total. The predicted octanol–water partition coefficient (Wildman–Crippen LogP) is 2.56. The Bertz CT molecular complexity index is 584. The second-order valence-corrected chi connectivity index (χ2v) is 5.44. The summed E-state index contributed by atoms with van der Waals surface area (Å²) in [6, 6.07) is 3.96. The maximum atomic E-state index is 12.4. The zero-order chi connectivity index (χ0) is 12.5. The molecule has 0 aromatic carbocycles. The van der Waals surface area contributed by atoms with Crippen LogP contribution in [0, 0.1) is 5.92 Å². The molecule has 1 aliphatic carbocycles. The van der Waals surface area contributed by atoms with Crippen molar-refractivity contribution < 1.29 is 4.79 Å². The van der Waals surface area contributed by atoms with Crippen molar-refractivity contribution in [1.29, 1.82) is 0 Å². The van der Waals surface area contributed by atoms with Crippen molar-refractivity contribution in [2.45, 2.75) is 6.54 Å². The van der Waals surface area contributed by atoms with Crippen molar-refractivity contribution in [3.05, 3.63) is 46.7 Å². The second kappa shape index (κ2) is 4.59. The maximum absolute atomic E-state index is 12.4. The summed E-state index contributed by atoms with van der Waals surface area (Å²) < 4.78 is 0. The van der Waals surface area contributed by atoms with Crippen molar-refractivity contribution in [2.24, 2.45) is 10.9 Å². The molecule has 0 N–H and O–H groups in total. The van der Waals surface area contributed by atoms with Crippen LogP contribution in [-0.2, 0) is 11.3 Å². The Kier molecular flexibility index (Phi) is 2.93. The van der Waals surface area contributed by atoms with E-state index < -0.39 is 0 Å². The van der Waals surface area contributed by atoms with Gasteiger partial charge in [0, 0.05) is 4.88 Å². The zero-order valence-corrected chi connectivity index (χ0v) is 11.1. The second-order valence-electron chi connectivity index (χ2n) is 4.04. The van der Waals surface area contributed by atoms with Crippen LogP contribution < -0.4 is 0 Å². The van der Waals surface area contributed by atoms with Gasteiger partial charge in [-0.1, -0.05) is 24.3 Å². The molecule has 18 heavy (non-hydrogen) atoms. The third-order valence-electron chi connectivity index (χ3n) is 2.88. The molecule has 2 heterocycles. The molecule has 1 unspecified atom stereocenters. The van der Waals surface area contributed by atoms with E-state index in [1.807, 2.05) is 41.8 Å². The molecule has 0 saturated carbocycles. The average molecular weight is 274 g/mol. The molecular weight excluding hydrogens is 264 g/mol. The molecule has 0 bridgehead atoms. The first-order valence-corrected chi connectivity index (χ1v) is 6.85. The van der Waals surface area contributed by atoms with Crippen LogP contribution in [0.5, 0.6) is 0 Å². The Morgan fingerprint density at radius 3 is 3.11 bits per heavy atom. The van der Waals surface area contributed by atoms with E-state index in [0.717, 1.165) is 10.6 Å². The topological polar surface area (TPSA) is 32.7 Å². The van der Waals surface area contributed by atoms with E-state index >= 15 is 0 Å². The Labute approximate surface area is 114 Å². The summed E-state index contributed by atoms with van der Waals surface area (Å²) in [5.74, 6) is -0.263. The van der Waals surface area contributed by atoms with E-state index in [0.29, 0.717) is 11.7 Å². The van der Waals surface area contributed by atoms with E-state index in [1.54, 1.807) is 16.2 Å². The fraction of sp³-hybridized carbons (Fsp3) is 0.154. The van der Waals surface area contributed by atoms with Crippen LogP contribution in [0.1, 0.15) is 4.88 Å². The highest BCUT2D eigenvalue weighted by Crippen LogP contribution is 2.22. The van der Waals surface area contributed by atoms with Gasteiger partial charge in [-0.3, -0.25) is 9.69 Å². The van der Waals surface area contributed by atoms with Crippen molar-refractivity contribution in [3.63, 3.8) is 0 Å². The van der Waals surface area contributed by atoms with E-state index in [1.165, 1.54) is 0 Å². The highest BCUT2D eigenvalue weighted by atomic mass is 32.1. The Morgan fingerprint density at radius 2 is 2.33 bits per heavy atom. The van der Waals surface area contributed by atoms with Crippen LogP contribution >= 0.6 is 23.6 Å². The number of thiophene rings is 1. The summed E-state index contributed by atoms with van der Waals surface area (Å²) in [5, 5.41) is 2.35. The minimum Gasteiger partial charge on any atom is -0.281 e. The number of fused-ring (bicyclic) bond motifs is 1. The molecule has 1 amide bonds. The number of carbonyl (C=O) groups is 1. The number of carbonyl (C=O) groups excluding carboxylic acids is 1. The molecule has 5 heteroatoms. The fourth-order valence-corrected chi connectivity index (χ4v) is 2.94. The minimum absolute atomic E-state index is 0.0130. The van der Waals surface area contributed by atoms with Gasteiger partial charge >= 0.3 is 0 Å². The SMILES string of the molecule is O=C1C2C=CC=CC2=NC(=S)N1Cc1cccs1. The van der Waals surface area contributed by atoms with E-state index in [2.05, 4.69) is 4.99 Å². The highest BCUT2D eigenvalue weighted by molar-refractivity contribution is 7.80. The lowest BCUT2D eigenvalue weighted by Gasteiger charge is -2.29. The lowest BCUT2D eigenvalue weighted by atomic mass is 9.95.